The number of benzene rings is 2. The topological polar surface area (TPSA) is 46.5 Å². The van der Waals surface area contributed by atoms with Gasteiger partial charge in [0.2, 0.25) is 5.13 Å². The third-order valence-electron chi connectivity index (χ3n) is 3.55. The third kappa shape index (κ3) is 4.98. The average Bonchev–Trinajstić information content (AvgIpc) is 3.11. The number of aromatic nitrogens is 1. The average molecular weight is 473 g/mol. The van der Waals surface area contributed by atoms with Crippen molar-refractivity contribution in [2.75, 3.05) is 12.5 Å². The molecular weight excluding hydrogens is 457 g/mol. The zero-order chi connectivity index (χ0) is 17.8. The highest BCUT2D eigenvalue weighted by molar-refractivity contribution is 8.93. The monoisotopic (exact) mass is 471 g/mol. The highest BCUT2D eigenvalue weighted by Crippen LogP contribution is 2.30. The fourth-order valence-corrected chi connectivity index (χ4v) is 3.10. The van der Waals surface area contributed by atoms with E-state index in [0.29, 0.717) is 15.2 Å². The van der Waals surface area contributed by atoms with Crippen LogP contribution in [-0.4, -0.2) is 17.8 Å². The van der Waals surface area contributed by atoms with Crippen molar-refractivity contribution in [1.82, 2.24) is 4.98 Å². The zero-order valence-electron chi connectivity index (χ0n) is 14.0. The van der Waals surface area contributed by atoms with Gasteiger partial charge in [-0.3, -0.25) is 5.43 Å². The van der Waals surface area contributed by atoms with Crippen molar-refractivity contribution in [3.63, 3.8) is 0 Å². The second kappa shape index (κ2) is 9.37. The van der Waals surface area contributed by atoms with E-state index < -0.39 is 0 Å². The summed E-state index contributed by atoms with van der Waals surface area (Å²) >= 11 is 13.5. The standard InChI is InChI=1S/C18H15Cl2N3OS.BrH/c1-11(12-3-6-14(24-2)7-4-12)22-23-18-21-17(10-25-18)13-5-8-15(19)16(20)9-13;/h3-10H,1-2H3,(H,21,23);1H. The lowest BCUT2D eigenvalue weighted by Crippen LogP contribution is -1.99. The largest absolute Gasteiger partial charge is 0.497 e. The second-order valence-electron chi connectivity index (χ2n) is 5.20. The van der Waals surface area contributed by atoms with Gasteiger partial charge in [-0.05, 0) is 48.9 Å². The first-order chi connectivity index (χ1) is 12.1. The summed E-state index contributed by atoms with van der Waals surface area (Å²) in [6, 6.07) is 13.2. The summed E-state index contributed by atoms with van der Waals surface area (Å²) in [4.78, 5) is 4.52. The summed E-state index contributed by atoms with van der Waals surface area (Å²) in [5, 5.41) is 8.07. The number of thiazole rings is 1. The summed E-state index contributed by atoms with van der Waals surface area (Å²) in [6.07, 6.45) is 0. The first-order valence-electron chi connectivity index (χ1n) is 7.42. The lowest BCUT2D eigenvalue weighted by atomic mass is 10.1. The maximum absolute atomic E-state index is 6.06. The van der Waals surface area contributed by atoms with Crippen LogP contribution in [0.25, 0.3) is 11.3 Å². The van der Waals surface area contributed by atoms with Crippen LogP contribution in [0, 0.1) is 0 Å². The van der Waals surface area contributed by atoms with Crippen LogP contribution in [0.1, 0.15) is 12.5 Å². The Balaban J connectivity index is 0.00000243. The zero-order valence-corrected chi connectivity index (χ0v) is 18.0. The SMILES string of the molecule is Br.COc1ccc(C(C)=NNc2nc(-c3ccc(Cl)c(Cl)c3)cs2)cc1. The van der Waals surface area contributed by atoms with E-state index in [1.807, 2.05) is 42.6 Å². The molecule has 0 aliphatic rings. The van der Waals surface area contributed by atoms with Gasteiger partial charge in [0, 0.05) is 10.9 Å². The Morgan fingerprint density at radius 1 is 1.12 bits per heavy atom. The third-order valence-corrected chi connectivity index (χ3v) is 5.03. The van der Waals surface area contributed by atoms with E-state index in [1.54, 1.807) is 19.2 Å². The van der Waals surface area contributed by atoms with Crippen LogP contribution < -0.4 is 10.2 Å². The molecule has 0 atom stereocenters. The van der Waals surface area contributed by atoms with Crippen LogP contribution in [0.2, 0.25) is 10.0 Å². The first-order valence-corrected chi connectivity index (χ1v) is 9.06. The van der Waals surface area contributed by atoms with E-state index in [9.17, 15) is 0 Å². The maximum Gasteiger partial charge on any atom is 0.203 e. The molecular formula is C18H16BrCl2N3OS. The predicted molar refractivity (Wildman–Crippen MR) is 117 cm³/mol. The lowest BCUT2D eigenvalue weighted by molar-refractivity contribution is 0.415. The molecule has 136 valence electrons. The van der Waals surface area contributed by atoms with E-state index in [-0.39, 0.29) is 17.0 Å². The second-order valence-corrected chi connectivity index (χ2v) is 6.88. The minimum Gasteiger partial charge on any atom is -0.497 e. The van der Waals surface area contributed by atoms with Crippen molar-refractivity contribution in [3.8, 4) is 17.0 Å². The molecule has 4 nitrogen and oxygen atoms in total. The van der Waals surface area contributed by atoms with Gasteiger partial charge >= 0.3 is 0 Å². The van der Waals surface area contributed by atoms with Gasteiger partial charge in [-0.1, -0.05) is 29.3 Å². The summed E-state index contributed by atoms with van der Waals surface area (Å²) < 4.78 is 5.16. The molecule has 3 rings (SSSR count). The molecule has 0 unspecified atom stereocenters. The Hall–Kier alpha value is -1.60. The maximum atomic E-state index is 6.06. The number of halogens is 3. The van der Waals surface area contributed by atoms with Crippen LogP contribution >= 0.6 is 51.5 Å². The molecule has 1 aromatic heterocycles. The van der Waals surface area contributed by atoms with Gasteiger partial charge in [0.05, 0.1) is 28.6 Å². The number of rotatable bonds is 5. The molecule has 0 saturated carbocycles. The van der Waals surface area contributed by atoms with Crippen molar-refractivity contribution in [1.29, 1.82) is 0 Å². The molecule has 0 saturated heterocycles. The van der Waals surface area contributed by atoms with Crippen LogP contribution in [0.15, 0.2) is 52.9 Å². The number of nitrogens with zero attached hydrogens (tertiary/aromatic N) is 2. The summed E-state index contributed by atoms with van der Waals surface area (Å²) in [6.45, 7) is 1.93. The Labute approximate surface area is 176 Å². The molecule has 0 radical (unpaired) electrons. The fraction of sp³-hybridized carbons (Fsp3) is 0.111. The Morgan fingerprint density at radius 2 is 1.85 bits per heavy atom. The van der Waals surface area contributed by atoms with Gasteiger partial charge in [0.1, 0.15) is 5.75 Å². The van der Waals surface area contributed by atoms with E-state index in [1.165, 1.54) is 11.3 Å². The predicted octanol–water partition coefficient (Wildman–Crippen LogP) is 6.54. The van der Waals surface area contributed by atoms with Crippen molar-refractivity contribution >= 4 is 62.4 Å². The molecule has 0 fully saturated rings. The van der Waals surface area contributed by atoms with E-state index in [0.717, 1.165) is 28.3 Å². The van der Waals surface area contributed by atoms with Crippen LogP contribution in [0.5, 0.6) is 5.75 Å². The van der Waals surface area contributed by atoms with E-state index in [4.69, 9.17) is 27.9 Å². The van der Waals surface area contributed by atoms with Gasteiger partial charge < -0.3 is 4.74 Å². The minimum absolute atomic E-state index is 0. The molecule has 8 heteroatoms. The van der Waals surface area contributed by atoms with Crippen molar-refractivity contribution in [3.05, 3.63) is 63.5 Å². The molecule has 0 aliphatic heterocycles. The van der Waals surface area contributed by atoms with Crippen molar-refractivity contribution < 1.29 is 4.74 Å². The van der Waals surface area contributed by atoms with Crippen LogP contribution in [0.3, 0.4) is 0 Å². The quantitative estimate of drug-likeness (QED) is 0.338. The van der Waals surface area contributed by atoms with E-state index in [2.05, 4.69) is 15.5 Å². The number of methoxy groups -OCH3 is 1. The van der Waals surface area contributed by atoms with E-state index >= 15 is 0 Å². The van der Waals surface area contributed by atoms with Crippen LogP contribution in [0.4, 0.5) is 5.13 Å². The summed E-state index contributed by atoms with van der Waals surface area (Å²) in [5.74, 6) is 0.815. The number of nitrogens with one attached hydrogen (secondary N) is 1. The molecule has 0 bridgehead atoms. The Kier molecular flexibility index (Phi) is 7.46. The minimum atomic E-state index is 0. The highest BCUT2D eigenvalue weighted by Gasteiger charge is 2.07. The highest BCUT2D eigenvalue weighted by atomic mass is 79.9. The summed E-state index contributed by atoms with van der Waals surface area (Å²) in [5.41, 5.74) is 6.59. The van der Waals surface area contributed by atoms with Gasteiger partial charge in [0.25, 0.3) is 0 Å². The number of hydrogen-bond acceptors (Lipinski definition) is 5. The lowest BCUT2D eigenvalue weighted by Gasteiger charge is -2.03. The smallest absolute Gasteiger partial charge is 0.203 e. The molecule has 2 aromatic carbocycles. The van der Waals surface area contributed by atoms with Gasteiger partial charge in [-0.25, -0.2) is 4.98 Å². The van der Waals surface area contributed by atoms with Crippen molar-refractivity contribution in [2.45, 2.75) is 6.92 Å². The molecule has 1 heterocycles. The molecule has 1 N–H and O–H groups in total. The number of hydrogen-bond donors (Lipinski definition) is 1. The fourth-order valence-electron chi connectivity index (χ4n) is 2.14. The number of hydrazone groups is 1. The molecule has 3 aromatic rings. The molecule has 0 aliphatic carbocycles. The van der Waals surface area contributed by atoms with Crippen LogP contribution in [-0.2, 0) is 0 Å². The first kappa shape index (κ1) is 20.7. The number of anilines is 1. The van der Waals surface area contributed by atoms with Gasteiger partial charge in [-0.2, -0.15) is 5.10 Å². The van der Waals surface area contributed by atoms with Gasteiger partial charge in [0.15, 0.2) is 0 Å². The Bertz CT molecular complexity index is 913. The molecule has 0 amide bonds. The Morgan fingerprint density at radius 3 is 2.50 bits per heavy atom. The molecule has 0 spiro atoms. The normalized spacial score (nSPS) is 11.0. The van der Waals surface area contributed by atoms with Gasteiger partial charge in [-0.15, -0.1) is 28.3 Å². The summed E-state index contributed by atoms with van der Waals surface area (Å²) in [7, 11) is 1.64. The number of ether oxygens (including phenoxy) is 1. The van der Waals surface area contributed by atoms with Crippen molar-refractivity contribution in [2.24, 2.45) is 5.10 Å². The molecule has 26 heavy (non-hydrogen) atoms.